The molecule has 2 fully saturated rings. The van der Waals surface area contributed by atoms with E-state index < -0.39 is 5.60 Å². The third kappa shape index (κ3) is 3.71. The molecule has 0 aromatic rings. The van der Waals surface area contributed by atoms with Crippen molar-refractivity contribution in [3.05, 3.63) is 0 Å². The molecule has 2 aliphatic rings. The number of carbonyl (C=O) groups excluding carboxylic acids is 1. The van der Waals surface area contributed by atoms with E-state index in [0.717, 1.165) is 25.9 Å². The first-order chi connectivity index (χ1) is 9.58. The summed E-state index contributed by atoms with van der Waals surface area (Å²) in [5.41, 5.74) is -0.785. The van der Waals surface area contributed by atoms with Crippen LogP contribution in [0.3, 0.4) is 0 Å². The van der Waals surface area contributed by atoms with Crippen molar-refractivity contribution in [2.24, 2.45) is 5.92 Å². The Balaban J connectivity index is 1.75. The third-order valence-electron chi connectivity index (χ3n) is 4.39. The molecule has 2 N–H and O–H groups in total. The van der Waals surface area contributed by atoms with Gasteiger partial charge in [0, 0.05) is 32.6 Å². The van der Waals surface area contributed by atoms with Crippen LogP contribution in [0, 0.1) is 5.92 Å². The summed E-state index contributed by atoms with van der Waals surface area (Å²) in [6.07, 6.45) is 4.06. The largest absolute Gasteiger partial charge is 0.388 e. The summed E-state index contributed by atoms with van der Waals surface area (Å²) in [6.45, 7) is 5.74. The van der Waals surface area contributed by atoms with Crippen LogP contribution in [0.1, 0.15) is 46.0 Å². The summed E-state index contributed by atoms with van der Waals surface area (Å²) < 4.78 is 11.1. The molecule has 0 bridgehead atoms. The minimum absolute atomic E-state index is 0.0184. The van der Waals surface area contributed by atoms with Crippen LogP contribution in [0.15, 0.2) is 0 Å². The van der Waals surface area contributed by atoms with Gasteiger partial charge in [0.25, 0.3) is 0 Å². The van der Waals surface area contributed by atoms with Crippen molar-refractivity contribution in [3.8, 4) is 0 Å². The first-order valence-electron chi connectivity index (χ1n) is 7.81. The molecule has 116 valence electrons. The van der Waals surface area contributed by atoms with Gasteiger partial charge in [0.15, 0.2) is 0 Å². The van der Waals surface area contributed by atoms with E-state index in [1.54, 1.807) is 0 Å². The van der Waals surface area contributed by atoms with E-state index in [2.05, 4.69) is 5.32 Å². The summed E-state index contributed by atoms with van der Waals surface area (Å²) in [7, 11) is 0. The molecule has 1 aliphatic carbocycles. The summed E-state index contributed by atoms with van der Waals surface area (Å²) in [5, 5.41) is 13.1. The van der Waals surface area contributed by atoms with Gasteiger partial charge in [-0.25, -0.2) is 0 Å². The van der Waals surface area contributed by atoms with Crippen LogP contribution in [0.5, 0.6) is 0 Å². The SMILES string of the molecule is CCOC1CC(O)(CNC(=O)[C@H]2CCCO[C@@H]2CC)C1. The first kappa shape index (κ1) is 15.7. The average molecular weight is 285 g/mol. The molecule has 0 aromatic heterocycles. The smallest absolute Gasteiger partial charge is 0.225 e. The van der Waals surface area contributed by atoms with E-state index in [-0.39, 0.29) is 24.0 Å². The second kappa shape index (κ2) is 6.87. The molecule has 0 unspecified atom stereocenters. The van der Waals surface area contributed by atoms with Gasteiger partial charge in [-0.15, -0.1) is 0 Å². The van der Waals surface area contributed by atoms with Crippen LogP contribution >= 0.6 is 0 Å². The zero-order chi connectivity index (χ0) is 14.6. The predicted molar refractivity (Wildman–Crippen MR) is 75.4 cm³/mol. The molecule has 20 heavy (non-hydrogen) atoms. The van der Waals surface area contributed by atoms with E-state index in [0.29, 0.717) is 26.0 Å². The minimum atomic E-state index is -0.785. The molecule has 2 rings (SSSR count). The van der Waals surface area contributed by atoms with E-state index in [4.69, 9.17) is 9.47 Å². The van der Waals surface area contributed by atoms with Gasteiger partial charge in [0.2, 0.25) is 5.91 Å². The molecule has 5 heteroatoms. The molecule has 1 aliphatic heterocycles. The minimum Gasteiger partial charge on any atom is -0.388 e. The molecule has 0 spiro atoms. The maximum atomic E-state index is 12.2. The second-order valence-electron chi connectivity index (χ2n) is 5.99. The zero-order valence-electron chi connectivity index (χ0n) is 12.6. The second-order valence-corrected chi connectivity index (χ2v) is 5.99. The summed E-state index contributed by atoms with van der Waals surface area (Å²) in [5.74, 6) is -0.0510. The van der Waals surface area contributed by atoms with Crippen molar-refractivity contribution >= 4 is 5.91 Å². The van der Waals surface area contributed by atoms with Crippen LogP contribution < -0.4 is 5.32 Å². The summed E-state index contributed by atoms with van der Waals surface area (Å²) in [6, 6.07) is 0. The number of ether oxygens (including phenoxy) is 2. The average Bonchev–Trinajstić information content (AvgIpc) is 2.43. The Morgan fingerprint density at radius 3 is 2.85 bits per heavy atom. The molecule has 1 heterocycles. The van der Waals surface area contributed by atoms with Gasteiger partial charge in [0.1, 0.15) is 0 Å². The van der Waals surface area contributed by atoms with Crippen LogP contribution in [-0.4, -0.2) is 48.6 Å². The van der Waals surface area contributed by atoms with Crippen molar-refractivity contribution in [3.63, 3.8) is 0 Å². The molecular weight excluding hydrogens is 258 g/mol. The Morgan fingerprint density at radius 1 is 1.45 bits per heavy atom. The molecule has 1 saturated heterocycles. The highest BCUT2D eigenvalue weighted by atomic mass is 16.5. The zero-order valence-corrected chi connectivity index (χ0v) is 12.6. The number of amides is 1. The fraction of sp³-hybridized carbons (Fsp3) is 0.933. The fourth-order valence-electron chi connectivity index (χ4n) is 3.21. The number of carbonyl (C=O) groups is 1. The van der Waals surface area contributed by atoms with Crippen molar-refractivity contribution in [2.45, 2.75) is 63.8 Å². The number of hydrogen-bond acceptors (Lipinski definition) is 4. The Kier molecular flexibility index (Phi) is 5.41. The fourth-order valence-corrected chi connectivity index (χ4v) is 3.21. The highest BCUT2D eigenvalue weighted by molar-refractivity contribution is 5.79. The van der Waals surface area contributed by atoms with Gasteiger partial charge in [-0.05, 0) is 26.2 Å². The Hall–Kier alpha value is -0.650. The number of rotatable bonds is 6. The third-order valence-corrected chi connectivity index (χ3v) is 4.39. The van der Waals surface area contributed by atoms with Crippen molar-refractivity contribution in [1.29, 1.82) is 0 Å². The lowest BCUT2D eigenvalue weighted by molar-refractivity contribution is -0.147. The van der Waals surface area contributed by atoms with Gasteiger partial charge in [-0.1, -0.05) is 6.92 Å². The highest BCUT2D eigenvalue weighted by Gasteiger charge is 2.44. The van der Waals surface area contributed by atoms with Crippen LogP contribution in [0.25, 0.3) is 0 Å². The van der Waals surface area contributed by atoms with Gasteiger partial charge >= 0.3 is 0 Å². The van der Waals surface area contributed by atoms with Gasteiger partial charge in [-0.3, -0.25) is 4.79 Å². The summed E-state index contributed by atoms with van der Waals surface area (Å²) in [4.78, 5) is 12.2. The highest BCUT2D eigenvalue weighted by Crippen LogP contribution is 2.34. The monoisotopic (exact) mass is 285 g/mol. The molecule has 0 aromatic carbocycles. The van der Waals surface area contributed by atoms with E-state index in [1.807, 2.05) is 13.8 Å². The number of hydrogen-bond donors (Lipinski definition) is 2. The Morgan fingerprint density at radius 2 is 2.20 bits per heavy atom. The normalized spacial score (nSPS) is 37.2. The van der Waals surface area contributed by atoms with E-state index >= 15 is 0 Å². The van der Waals surface area contributed by atoms with Gasteiger partial charge in [0.05, 0.1) is 23.7 Å². The number of nitrogens with one attached hydrogen (secondary N) is 1. The van der Waals surface area contributed by atoms with Crippen LogP contribution in [-0.2, 0) is 14.3 Å². The van der Waals surface area contributed by atoms with Gasteiger partial charge in [-0.2, -0.15) is 0 Å². The predicted octanol–water partition coefficient (Wildman–Crippen LogP) is 1.24. The number of aliphatic hydroxyl groups is 1. The molecule has 2 atom stereocenters. The lowest BCUT2D eigenvalue weighted by Crippen LogP contribution is -2.56. The topological polar surface area (TPSA) is 67.8 Å². The maximum absolute atomic E-state index is 12.2. The lowest BCUT2D eigenvalue weighted by Gasteiger charge is -2.43. The quantitative estimate of drug-likeness (QED) is 0.770. The van der Waals surface area contributed by atoms with Crippen molar-refractivity contribution in [1.82, 2.24) is 5.32 Å². The van der Waals surface area contributed by atoms with Crippen molar-refractivity contribution in [2.75, 3.05) is 19.8 Å². The lowest BCUT2D eigenvalue weighted by atomic mass is 9.77. The summed E-state index contributed by atoms with van der Waals surface area (Å²) >= 11 is 0. The Bertz CT molecular complexity index is 328. The standard InChI is InChI=1S/C15H27NO4/c1-3-13-12(6-5-7-20-13)14(17)16-10-15(18)8-11(9-15)19-4-2/h11-13,18H,3-10H2,1-2H3,(H,16,17)/t11?,12-,13+,15?/m0/s1. The van der Waals surface area contributed by atoms with Crippen LogP contribution in [0.4, 0.5) is 0 Å². The first-order valence-corrected chi connectivity index (χ1v) is 7.81. The van der Waals surface area contributed by atoms with E-state index in [9.17, 15) is 9.90 Å². The molecular formula is C15H27NO4. The maximum Gasteiger partial charge on any atom is 0.225 e. The molecule has 1 saturated carbocycles. The molecule has 5 nitrogen and oxygen atoms in total. The Labute approximate surface area is 121 Å². The van der Waals surface area contributed by atoms with Crippen molar-refractivity contribution < 1.29 is 19.4 Å². The molecule has 1 amide bonds. The molecule has 0 radical (unpaired) electrons. The van der Waals surface area contributed by atoms with E-state index in [1.165, 1.54) is 0 Å². The van der Waals surface area contributed by atoms with Gasteiger partial charge < -0.3 is 19.9 Å². The van der Waals surface area contributed by atoms with Crippen LogP contribution in [0.2, 0.25) is 0 Å².